The number of aliphatic carboxylic acids is 1. The fourth-order valence-corrected chi connectivity index (χ4v) is 2.39. The van der Waals surface area contributed by atoms with Crippen LogP contribution < -0.4 is 10.7 Å². The highest BCUT2D eigenvalue weighted by Gasteiger charge is 2.42. The molecule has 0 unspecified atom stereocenters. The molecule has 1 aliphatic rings. The third kappa shape index (κ3) is 3.69. The molecule has 4 N–H and O–H groups in total. The second kappa shape index (κ2) is 6.05. The van der Waals surface area contributed by atoms with Crippen molar-refractivity contribution in [2.45, 2.75) is 13.5 Å². The summed E-state index contributed by atoms with van der Waals surface area (Å²) in [6.45, 7) is -0.891. The van der Waals surface area contributed by atoms with Gasteiger partial charge in [-0.1, -0.05) is 12.2 Å². The lowest BCUT2D eigenvalue weighted by Crippen LogP contribution is -2.75. The highest BCUT2D eigenvalue weighted by atomic mass is 32.1. The number of carbonyl (C=O) groups is 1. The quantitative estimate of drug-likeness (QED) is 0.358. The molecule has 0 aromatic carbocycles. The van der Waals surface area contributed by atoms with Gasteiger partial charge in [0.05, 0.1) is 4.99 Å². The van der Waals surface area contributed by atoms with Gasteiger partial charge in [-0.05, 0) is 0 Å². The Balaban J connectivity index is 2.98. The molecule has 1 aliphatic heterocycles. The molecule has 1 heterocycles. The second-order valence-electron chi connectivity index (χ2n) is 4.41. The average molecular weight is 292 g/mol. The molecule has 1 rings (SSSR count). The molecule has 8 heteroatoms. The number of thiocarbonyl (C=S) groups is 1. The van der Waals surface area contributed by atoms with Crippen molar-refractivity contribution in [3.8, 4) is 0 Å². The Labute approximate surface area is 114 Å². The third-order valence-electron chi connectivity index (χ3n) is 2.93. The number of nitrogens with one attached hydrogen (secondary N) is 1. The molecule has 2 atom stereocenters. The van der Waals surface area contributed by atoms with Crippen LogP contribution in [0.2, 0.25) is 0 Å². The van der Waals surface area contributed by atoms with Gasteiger partial charge in [-0.15, -0.1) is 8.78 Å². The van der Waals surface area contributed by atoms with Gasteiger partial charge in [-0.2, -0.15) is 4.99 Å². The molecule has 1 fully saturated rings. The summed E-state index contributed by atoms with van der Waals surface area (Å²) in [6, 6.07) is 0. The smallest absolute Gasteiger partial charge is 0.444 e. The summed E-state index contributed by atoms with van der Waals surface area (Å²) in [5.41, 5.74) is 6.22. The van der Waals surface area contributed by atoms with Gasteiger partial charge in [0.2, 0.25) is 0 Å². The lowest BCUT2D eigenvalue weighted by atomic mass is 9.92. The van der Waals surface area contributed by atoms with Gasteiger partial charge in [0, 0.05) is 38.2 Å². The van der Waals surface area contributed by atoms with Crippen molar-refractivity contribution in [2.24, 2.45) is 17.6 Å². The van der Waals surface area contributed by atoms with Gasteiger partial charge in [-0.25, -0.2) is 0 Å². The van der Waals surface area contributed by atoms with Crippen LogP contribution in [-0.4, -0.2) is 46.8 Å². The minimum absolute atomic E-state index is 0.178. The van der Waals surface area contributed by atoms with Crippen molar-refractivity contribution in [3.63, 3.8) is 0 Å². The SMILES string of the molecule is CC(/C=C(\N)[C@H]1CN(C)C(=S)[C@@H]1C(=O)O)=[NH+]\C(F)F. The Morgan fingerprint density at radius 1 is 1.68 bits per heavy atom. The zero-order valence-corrected chi connectivity index (χ0v) is 11.4. The maximum Gasteiger partial charge on any atom is 0.444 e. The summed E-state index contributed by atoms with van der Waals surface area (Å²) in [5.74, 6) is -2.46. The molecule has 0 spiro atoms. The van der Waals surface area contributed by atoms with Gasteiger partial charge in [-0.3, -0.25) is 4.79 Å². The number of nitrogens with zero attached hydrogens (tertiary/aromatic N) is 1. The van der Waals surface area contributed by atoms with E-state index >= 15 is 0 Å². The van der Waals surface area contributed by atoms with E-state index in [4.69, 9.17) is 23.1 Å². The Kier molecular flexibility index (Phi) is 4.93. The lowest BCUT2D eigenvalue weighted by molar-refractivity contribution is -0.572. The second-order valence-corrected chi connectivity index (χ2v) is 4.83. The van der Waals surface area contributed by atoms with Crippen molar-refractivity contribution < 1.29 is 23.7 Å². The number of carboxylic acid groups (broad SMARTS) is 1. The summed E-state index contributed by atoms with van der Waals surface area (Å²) in [4.78, 5) is 15.0. The van der Waals surface area contributed by atoms with Gasteiger partial charge in [0.15, 0.2) is 5.71 Å². The van der Waals surface area contributed by atoms with E-state index in [1.165, 1.54) is 13.0 Å². The van der Waals surface area contributed by atoms with Crippen molar-refractivity contribution in [2.75, 3.05) is 13.6 Å². The van der Waals surface area contributed by atoms with E-state index in [2.05, 4.69) is 0 Å². The van der Waals surface area contributed by atoms with E-state index in [0.717, 1.165) is 0 Å². The van der Waals surface area contributed by atoms with E-state index in [1.54, 1.807) is 11.9 Å². The number of hydrogen-bond acceptors (Lipinski definition) is 3. The minimum Gasteiger partial charge on any atom is -0.481 e. The highest BCUT2D eigenvalue weighted by Crippen LogP contribution is 2.29. The van der Waals surface area contributed by atoms with E-state index in [-0.39, 0.29) is 11.4 Å². The molecule has 1 saturated heterocycles. The molecular weight excluding hydrogens is 276 g/mol. The molecule has 0 bridgehead atoms. The summed E-state index contributed by atoms with van der Waals surface area (Å²) in [7, 11) is 1.68. The van der Waals surface area contributed by atoms with Gasteiger partial charge >= 0.3 is 12.5 Å². The zero-order chi connectivity index (χ0) is 14.7. The first-order valence-corrected chi connectivity index (χ1v) is 5.98. The van der Waals surface area contributed by atoms with E-state index in [9.17, 15) is 13.6 Å². The maximum atomic E-state index is 12.1. The zero-order valence-electron chi connectivity index (χ0n) is 10.6. The molecule has 0 aromatic rings. The van der Waals surface area contributed by atoms with Crippen molar-refractivity contribution in [1.29, 1.82) is 0 Å². The number of nitrogens with two attached hydrogens (primary N) is 1. The van der Waals surface area contributed by atoms with Crippen LogP contribution in [0.4, 0.5) is 8.78 Å². The number of carboxylic acids is 1. The number of hydrogen-bond donors (Lipinski definition) is 3. The van der Waals surface area contributed by atoms with Crippen molar-refractivity contribution >= 4 is 28.9 Å². The van der Waals surface area contributed by atoms with Crippen LogP contribution in [0.1, 0.15) is 6.92 Å². The first-order chi connectivity index (χ1) is 8.73. The lowest BCUT2D eigenvalue weighted by Gasteiger charge is -2.13. The largest absolute Gasteiger partial charge is 0.481 e. The van der Waals surface area contributed by atoms with E-state index < -0.39 is 24.4 Å². The predicted molar refractivity (Wildman–Crippen MR) is 69.8 cm³/mol. The molecule has 0 radical (unpaired) electrons. The summed E-state index contributed by atoms with van der Waals surface area (Å²) in [6.07, 6.45) is 1.33. The summed E-state index contributed by atoms with van der Waals surface area (Å²) >= 11 is 5.04. The Morgan fingerprint density at radius 3 is 2.74 bits per heavy atom. The molecule has 106 valence electrons. The molecule has 0 amide bonds. The monoisotopic (exact) mass is 292 g/mol. The molecular formula is C11H16F2N3O2S+. The summed E-state index contributed by atoms with van der Waals surface area (Å²) in [5, 5.41) is 9.16. The fraction of sp³-hybridized carbons (Fsp3) is 0.545. The van der Waals surface area contributed by atoms with E-state index in [1.807, 2.05) is 4.99 Å². The predicted octanol–water partition coefficient (Wildman–Crippen LogP) is -0.817. The molecule has 0 aliphatic carbocycles. The van der Waals surface area contributed by atoms with Crippen molar-refractivity contribution in [3.05, 3.63) is 11.8 Å². The number of likely N-dealkylation sites (tertiary alicyclic amines) is 1. The molecule has 5 nitrogen and oxygen atoms in total. The maximum absolute atomic E-state index is 12.1. The summed E-state index contributed by atoms with van der Waals surface area (Å²) < 4.78 is 24.2. The first-order valence-electron chi connectivity index (χ1n) is 5.57. The first kappa shape index (κ1) is 15.5. The number of halogens is 2. The average Bonchev–Trinajstić information content (AvgIpc) is 2.54. The topological polar surface area (TPSA) is 80.5 Å². The van der Waals surface area contributed by atoms with Gasteiger partial charge < -0.3 is 15.7 Å². The van der Waals surface area contributed by atoms with Gasteiger partial charge in [0.1, 0.15) is 5.92 Å². The molecule has 0 saturated carbocycles. The van der Waals surface area contributed by atoms with Crippen LogP contribution in [0.5, 0.6) is 0 Å². The van der Waals surface area contributed by atoms with E-state index in [0.29, 0.717) is 11.5 Å². The molecule has 19 heavy (non-hydrogen) atoms. The van der Waals surface area contributed by atoms with Crippen LogP contribution in [0, 0.1) is 11.8 Å². The highest BCUT2D eigenvalue weighted by molar-refractivity contribution is 7.80. The van der Waals surface area contributed by atoms with Crippen molar-refractivity contribution in [1.82, 2.24) is 4.90 Å². The van der Waals surface area contributed by atoms with Crippen LogP contribution in [0.25, 0.3) is 0 Å². The van der Waals surface area contributed by atoms with Crippen LogP contribution >= 0.6 is 12.2 Å². The van der Waals surface area contributed by atoms with Crippen LogP contribution in [0.3, 0.4) is 0 Å². The van der Waals surface area contributed by atoms with Crippen LogP contribution in [0.15, 0.2) is 11.8 Å². The van der Waals surface area contributed by atoms with Gasteiger partial charge in [0.25, 0.3) is 0 Å². The number of alkyl halides is 2. The Morgan fingerprint density at radius 2 is 2.26 bits per heavy atom. The molecule has 0 aromatic heterocycles. The third-order valence-corrected chi connectivity index (χ3v) is 3.49. The Hall–Kier alpha value is -1.57. The van der Waals surface area contributed by atoms with Crippen LogP contribution in [-0.2, 0) is 4.79 Å². The minimum atomic E-state index is -2.69. The number of rotatable bonds is 4. The number of allylic oxidation sites excluding steroid dienone is 1. The standard InChI is InChI=1S/C11H15F2N3O2S/c1-5(15-11(12)13)3-7(14)6-4-16(2)9(19)8(6)10(17)18/h3,6,8,11H,4,14H2,1-2H3,(H,17,18)/p+1/b7-3-,15-5+/t6-,8-/m1/s1. The Bertz CT molecular complexity index is 451. The normalized spacial score (nSPS) is 25.3. The fourth-order valence-electron chi connectivity index (χ4n) is 2.05.